The third-order valence-corrected chi connectivity index (χ3v) is 2.28. The highest BCUT2D eigenvalue weighted by molar-refractivity contribution is 6.17. The standard InChI is InChI=1S/C11H9ClF3NO2/c12-4-2-1-3-8-5-9(11(13,14)15)7-10(6-8)16(17)18/h1,3,5-7H,2,4H2. The van der Waals surface area contributed by atoms with E-state index in [9.17, 15) is 23.3 Å². The van der Waals surface area contributed by atoms with Crippen LogP contribution in [0.25, 0.3) is 6.08 Å². The van der Waals surface area contributed by atoms with E-state index in [2.05, 4.69) is 0 Å². The predicted octanol–water partition coefficient (Wildman–Crippen LogP) is 4.26. The van der Waals surface area contributed by atoms with Gasteiger partial charge in [0.1, 0.15) is 0 Å². The summed E-state index contributed by atoms with van der Waals surface area (Å²) in [5.74, 6) is 0.331. The van der Waals surface area contributed by atoms with Crippen molar-refractivity contribution in [2.75, 3.05) is 5.88 Å². The van der Waals surface area contributed by atoms with Crippen LogP contribution < -0.4 is 0 Å². The smallest absolute Gasteiger partial charge is 0.258 e. The number of nitrogens with zero attached hydrogens (tertiary/aromatic N) is 1. The van der Waals surface area contributed by atoms with E-state index in [4.69, 9.17) is 11.6 Å². The molecule has 0 bridgehead atoms. The molecule has 98 valence electrons. The number of nitro groups is 1. The highest BCUT2D eigenvalue weighted by Gasteiger charge is 2.32. The van der Waals surface area contributed by atoms with Crippen LogP contribution in [-0.2, 0) is 6.18 Å². The van der Waals surface area contributed by atoms with E-state index in [-0.39, 0.29) is 5.56 Å². The number of hydrogen-bond donors (Lipinski definition) is 0. The molecule has 0 N–H and O–H groups in total. The average Bonchev–Trinajstić information content (AvgIpc) is 2.28. The van der Waals surface area contributed by atoms with Gasteiger partial charge in [-0.2, -0.15) is 13.2 Å². The van der Waals surface area contributed by atoms with Crippen molar-refractivity contribution >= 4 is 23.4 Å². The second kappa shape index (κ2) is 5.86. The van der Waals surface area contributed by atoms with E-state index < -0.39 is 22.4 Å². The monoisotopic (exact) mass is 279 g/mol. The van der Waals surface area contributed by atoms with Gasteiger partial charge in [0.05, 0.1) is 10.5 Å². The first-order valence-corrected chi connectivity index (χ1v) is 5.47. The summed E-state index contributed by atoms with van der Waals surface area (Å²) in [7, 11) is 0. The molecule has 0 amide bonds. The minimum Gasteiger partial charge on any atom is -0.258 e. The van der Waals surface area contributed by atoms with Crippen LogP contribution in [0, 0.1) is 10.1 Å². The Morgan fingerprint density at radius 3 is 2.50 bits per heavy atom. The van der Waals surface area contributed by atoms with Gasteiger partial charge in [-0.15, -0.1) is 11.6 Å². The number of allylic oxidation sites excluding steroid dienone is 1. The van der Waals surface area contributed by atoms with Gasteiger partial charge in [0.25, 0.3) is 5.69 Å². The summed E-state index contributed by atoms with van der Waals surface area (Å²) in [6.45, 7) is 0. The van der Waals surface area contributed by atoms with Crippen LogP contribution in [0.5, 0.6) is 0 Å². The lowest BCUT2D eigenvalue weighted by Crippen LogP contribution is -2.06. The van der Waals surface area contributed by atoms with Crippen LogP contribution in [0.4, 0.5) is 18.9 Å². The lowest BCUT2D eigenvalue weighted by atomic mass is 10.1. The number of non-ortho nitro benzene ring substituents is 1. The molecular weight excluding hydrogens is 271 g/mol. The maximum absolute atomic E-state index is 12.5. The zero-order valence-corrected chi connectivity index (χ0v) is 9.83. The molecule has 7 heteroatoms. The van der Waals surface area contributed by atoms with Crippen molar-refractivity contribution in [1.82, 2.24) is 0 Å². The van der Waals surface area contributed by atoms with Crippen LogP contribution in [0.1, 0.15) is 17.5 Å². The summed E-state index contributed by atoms with van der Waals surface area (Å²) in [5.41, 5.74) is -1.50. The first kappa shape index (κ1) is 14.5. The number of nitro benzene ring substituents is 1. The Labute approximate surface area is 106 Å². The molecule has 0 aliphatic carbocycles. The Morgan fingerprint density at radius 1 is 1.33 bits per heavy atom. The zero-order valence-electron chi connectivity index (χ0n) is 9.08. The van der Waals surface area contributed by atoms with Crippen molar-refractivity contribution in [2.45, 2.75) is 12.6 Å². The van der Waals surface area contributed by atoms with Gasteiger partial charge in [0.15, 0.2) is 0 Å². The van der Waals surface area contributed by atoms with E-state index in [0.717, 1.165) is 12.1 Å². The summed E-state index contributed by atoms with van der Waals surface area (Å²) >= 11 is 5.41. The molecular formula is C11H9ClF3NO2. The van der Waals surface area contributed by atoms with Crippen LogP contribution in [0.2, 0.25) is 0 Å². The SMILES string of the molecule is O=[N+]([O-])c1cc(C=CCCCl)cc(C(F)(F)F)c1. The number of alkyl halides is 4. The Kier molecular flexibility index (Phi) is 4.72. The number of rotatable bonds is 4. The predicted molar refractivity (Wildman–Crippen MR) is 62.5 cm³/mol. The molecule has 0 heterocycles. The largest absolute Gasteiger partial charge is 0.416 e. The first-order valence-electron chi connectivity index (χ1n) is 4.94. The molecule has 0 fully saturated rings. The van der Waals surface area contributed by atoms with Crippen LogP contribution in [0.3, 0.4) is 0 Å². The summed E-state index contributed by atoms with van der Waals surface area (Å²) in [4.78, 5) is 9.70. The van der Waals surface area contributed by atoms with Crippen molar-refractivity contribution < 1.29 is 18.1 Å². The van der Waals surface area contributed by atoms with Crippen LogP contribution in [0.15, 0.2) is 24.3 Å². The second-order valence-corrected chi connectivity index (χ2v) is 3.83. The summed E-state index contributed by atoms with van der Waals surface area (Å²) in [6.07, 6.45) is -1.19. The summed E-state index contributed by atoms with van der Waals surface area (Å²) in [5, 5.41) is 10.6. The average molecular weight is 280 g/mol. The molecule has 0 spiro atoms. The van der Waals surface area contributed by atoms with E-state index in [1.54, 1.807) is 6.08 Å². The molecule has 0 unspecified atom stereocenters. The number of hydrogen-bond acceptors (Lipinski definition) is 2. The van der Waals surface area contributed by atoms with Gasteiger partial charge >= 0.3 is 6.18 Å². The van der Waals surface area contributed by atoms with E-state index in [1.165, 1.54) is 6.08 Å². The first-order chi connectivity index (χ1) is 8.34. The fourth-order valence-electron chi connectivity index (χ4n) is 1.28. The minimum atomic E-state index is -4.61. The molecule has 1 aromatic carbocycles. The molecule has 3 nitrogen and oxygen atoms in total. The third-order valence-electron chi connectivity index (χ3n) is 2.06. The summed E-state index contributed by atoms with van der Waals surface area (Å²) < 4.78 is 37.6. The maximum atomic E-state index is 12.5. The van der Waals surface area contributed by atoms with E-state index in [0.29, 0.717) is 18.4 Å². The fraction of sp³-hybridized carbons (Fsp3) is 0.273. The quantitative estimate of drug-likeness (QED) is 0.469. The Bertz CT molecular complexity index is 472. The van der Waals surface area contributed by atoms with Crippen molar-refractivity contribution in [3.05, 3.63) is 45.5 Å². The van der Waals surface area contributed by atoms with E-state index >= 15 is 0 Å². The molecule has 0 aliphatic heterocycles. The van der Waals surface area contributed by atoms with Gasteiger partial charge in [-0.05, 0) is 18.1 Å². The second-order valence-electron chi connectivity index (χ2n) is 3.45. The van der Waals surface area contributed by atoms with Crippen LogP contribution >= 0.6 is 11.6 Å². The molecule has 0 atom stereocenters. The van der Waals surface area contributed by atoms with Gasteiger partial charge in [-0.3, -0.25) is 10.1 Å². The zero-order chi connectivity index (χ0) is 13.8. The Balaban J connectivity index is 3.18. The van der Waals surface area contributed by atoms with Crippen molar-refractivity contribution in [1.29, 1.82) is 0 Å². The number of benzene rings is 1. The highest BCUT2D eigenvalue weighted by atomic mass is 35.5. The molecule has 0 aromatic heterocycles. The van der Waals surface area contributed by atoms with Gasteiger partial charge in [-0.25, -0.2) is 0 Å². The lowest BCUT2D eigenvalue weighted by Gasteiger charge is -2.07. The molecule has 0 radical (unpaired) electrons. The van der Waals surface area contributed by atoms with Crippen molar-refractivity contribution in [2.24, 2.45) is 0 Å². The maximum Gasteiger partial charge on any atom is 0.416 e. The minimum absolute atomic E-state index is 0.127. The lowest BCUT2D eigenvalue weighted by molar-refractivity contribution is -0.385. The summed E-state index contributed by atoms with van der Waals surface area (Å²) in [6, 6.07) is 2.45. The van der Waals surface area contributed by atoms with Crippen molar-refractivity contribution in [3.8, 4) is 0 Å². The molecule has 1 aromatic rings. The van der Waals surface area contributed by atoms with Gasteiger partial charge in [-0.1, -0.05) is 12.2 Å². The Morgan fingerprint density at radius 2 is 2.00 bits per heavy atom. The Hall–Kier alpha value is -1.56. The normalized spacial score (nSPS) is 12.0. The number of halogens is 4. The molecule has 18 heavy (non-hydrogen) atoms. The molecule has 0 aliphatic rings. The van der Waals surface area contributed by atoms with Gasteiger partial charge < -0.3 is 0 Å². The van der Waals surface area contributed by atoms with Gasteiger partial charge in [0.2, 0.25) is 0 Å². The third kappa shape index (κ3) is 4.03. The van der Waals surface area contributed by atoms with Crippen LogP contribution in [-0.4, -0.2) is 10.8 Å². The molecule has 1 rings (SSSR count). The van der Waals surface area contributed by atoms with Crippen molar-refractivity contribution in [3.63, 3.8) is 0 Å². The highest BCUT2D eigenvalue weighted by Crippen LogP contribution is 2.32. The topological polar surface area (TPSA) is 43.1 Å². The van der Waals surface area contributed by atoms with Gasteiger partial charge in [0, 0.05) is 18.0 Å². The molecule has 0 saturated carbocycles. The molecule has 0 saturated heterocycles. The van der Waals surface area contributed by atoms with E-state index in [1.807, 2.05) is 0 Å². The fourth-order valence-corrected chi connectivity index (χ4v) is 1.41.